The summed E-state index contributed by atoms with van der Waals surface area (Å²) < 4.78 is 2.42. The number of hydrogen-bond acceptors (Lipinski definition) is 1. The Morgan fingerprint density at radius 2 is 0.800 bits per heavy atom. The fraction of sp³-hybridized carbons (Fsp3) is 0. The van der Waals surface area contributed by atoms with Gasteiger partial charge in [-0.15, -0.1) is 0 Å². The van der Waals surface area contributed by atoms with Gasteiger partial charge >= 0.3 is 0 Å². The zero-order chi connectivity index (χ0) is 39.3. The van der Waals surface area contributed by atoms with Crippen molar-refractivity contribution in [3.8, 4) is 16.8 Å². The lowest BCUT2D eigenvalue weighted by Crippen LogP contribution is -2.12. The van der Waals surface area contributed by atoms with Gasteiger partial charge in [-0.3, -0.25) is 0 Å². The Bertz CT molecular complexity index is 3780. The van der Waals surface area contributed by atoms with E-state index < -0.39 is 0 Å². The van der Waals surface area contributed by atoms with Gasteiger partial charge in [-0.05, 0) is 119 Å². The standard InChI is InChI=1S/C58H36N2/c1-2-14-37(15-3-1)45-21-4-7-27-52(45)59(42-19-13-20-43(35-42)60-53-28-8-5-22-46(53)47-23-6-9-29-54(47)60)44-34-41-33-32-40-17-11-25-49-48-24-10-16-38-30-31-39-18-12-26-50(57(39)55(38)48)51(36-44)58(41)56(40)49/h1-36H. The van der Waals surface area contributed by atoms with Crippen LogP contribution in [-0.2, 0) is 0 Å². The molecule has 0 bridgehead atoms. The number of rotatable bonds is 5. The Morgan fingerprint density at radius 3 is 1.45 bits per heavy atom. The van der Waals surface area contributed by atoms with Gasteiger partial charge in [0.2, 0.25) is 0 Å². The smallest absolute Gasteiger partial charge is 0.0541 e. The number of fused-ring (bicyclic) bond motifs is 5. The van der Waals surface area contributed by atoms with Gasteiger partial charge in [0, 0.05) is 33.4 Å². The minimum Gasteiger partial charge on any atom is -0.310 e. The summed E-state index contributed by atoms with van der Waals surface area (Å²) in [6.07, 6.45) is 0. The number of benzene rings is 11. The van der Waals surface area contributed by atoms with Crippen LogP contribution in [0.25, 0.3) is 103 Å². The predicted octanol–water partition coefficient (Wildman–Crippen LogP) is 16.3. The number of para-hydroxylation sites is 3. The van der Waals surface area contributed by atoms with Crippen molar-refractivity contribution in [1.82, 2.24) is 4.57 Å². The molecule has 60 heavy (non-hydrogen) atoms. The summed E-state index contributed by atoms with van der Waals surface area (Å²) in [5.41, 5.74) is 9.16. The molecule has 0 aliphatic heterocycles. The quantitative estimate of drug-likeness (QED) is 0.159. The van der Waals surface area contributed by atoms with Gasteiger partial charge in [-0.2, -0.15) is 0 Å². The van der Waals surface area contributed by atoms with Crippen LogP contribution >= 0.6 is 0 Å². The molecule has 0 spiro atoms. The van der Waals surface area contributed by atoms with Crippen LogP contribution in [0.3, 0.4) is 0 Å². The normalized spacial score (nSPS) is 12.0. The van der Waals surface area contributed by atoms with E-state index >= 15 is 0 Å². The maximum atomic E-state index is 2.49. The first-order valence-corrected chi connectivity index (χ1v) is 20.8. The molecule has 2 nitrogen and oxygen atoms in total. The van der Waals surface area contributed by atoms with E-state index in [1.807, 2.05) is 0 Å². The SMILES string of the molecule is c1ccc(-c2ccccc2N(c2cccc(-n3c4ccccc4c4ccccc43)c2)c2cc3ccc4cccc5c6cccc7ccc8cccc(c(c2)c3c45)c8c76)cc1. The number of nitrogens with zero attached hydrogens (tertiary/aromatic N) is 2. The molecule has 13 aromatic rings. The minimum absolute atomic E-state index is 1.09. The third-order valence-electron chi connectivity index (χ3n) is 12.8. The Hall–Kier alpha value is -7.94. The number of hydrogen-bond donors (Lipinski definition) is 0. The molecule has 1 heterocycles. The molecule has 278 valence electrons. The predicted molar refractivity (Wildman–Crippen MR) is 257 cm³/mol. The second kappa shape index (κ2) is 12.8. The van der Waals surface area contributed by atoms with Crippen LogP contribution in [0.5, 0.6) is 0 Å². The van der Waals surface area contributed by atoms with Crippen LogP contribution in [0.4, 0.5) is 17.1 Å². The molecule has 0 saturated heterocycles. The lowest BCUT2D eigenvalue weighted by atomic mass is 9.87. The highest BCUT2D eigenvalue weighted by Gasteiger charge is 2.22. The van der Waals surface area contributed by atoms with Crippen LogP contribution in [0.2, 0.25) is 0 Å². The highest BCUT2D eigenvalue weighted by molar-refractivity contribution is 6.37. The van der Waals surface area contributed by atoms with Crippen molar-refractivity contribution in [2.45, 2.75) is 0 Å². The monoisotopic (exact) mass is 760 g/mol. The average Bonchev–Trinajstić information content (AvgIpc) is 3.65. The van der Waals surface area contributed by atoms with E-state index in [9.17, 15) is 0 Å². The van der Waals surface area contributed by atoms with Crippen molar-refractivity contribution in [2.75, 3.05) is 4.90 Å². The van der Waals surface area contributed by atoms with Gasteiger partial charge in [0.15, 0.2) is 0 Å². The van der Waals surface area contributed by atoms with Crippen molar-refractivity contribution in [2.24, 2.45) is 0 Å². The van der Waals surface area contributed by atoms with Crippen LogP contribution < -0.4 is 4.90 Å². The van der Waals surface area contributed by atoms with Gasteiger partial charge in [-0.1, -0.05) is 170 Å². The summed E-state index contributed by atoms with van der Waals surface area (Å²) in [7, 11) is 0. The molecule has 0 aliphatic carbocycles. The summed E-state index contributed by atoms with van der Waals surface area (Å²) in [5, 5.41) is 17.8. The zero-order valence-electron chi connectivity index (χ0n) is 32.7. The fourth-order valence-electron chi connectivity index (χ4n) is 10.3. The molecular weight excluding hydrogens is 725 g/mol. The maximum absolute atomic E-state index is 2.49. The molecule has 0 N–H and O–H groups in total. The molecule has 0 amide bonds. The van der Waals surface area contributed by atoms with E-state index in [4.69, 9.17) is 0 Å². The Morgan fingerprint density at radius 1 is 0.300 bits per heavy atom. The number of aromatic nitrogens is 1. The number of anilines is 3. The first kappa shape index (κ1) is 33.1. The Balaban J connectivity index is 1.17. The van der Waals surface area contributed by atoms with E-state index in [1.165, 1.54) is 97.6 Å². The third-order valence-corrected chi connectivity index (χ3v) is 12.8. The van der Waals surface area contributed by atoms with Gasteiger partial charge in [0.1, 0.15) is 0 Å². The lowest BCUT2D eigenvalue weighted by molar-refractivity contribution is 1.17. The average molecular weight is 761 g/mol. The largest absolute Gasteiger partial charge is 0.310 e. The first-order chi connectivity index (χ1) is 29.8. The maximum Gasteiger partial charge on any atom is 0.0541 e. The van der Waals surface area contributed by atoms with Crippen molar-refractivity contribution in [1.29, 1.82) is 0 Å². The van der Waals surface area contributed by atoms with Gasteiger partial charge in [0.25, 0.3) is 0 Å². The summed E-state index contributed by atoms with van der Waals surface area (Å²) in [5.74, 6) is 0. The topological polar surface area (TPSA) is 8.17 Å². The molecule has 0 unspecified atom stereocenters. The van der Waals surface area contributed by atoms with Crippen molar-refractivity contribution < 1.29 is 0 Å². The van der Waals surface area contributed by atoms with Crippen LogP contribution in [0.15, 0.2) is 218 Å². The third kappa shape index (κ3) is 4.76. The van der Waals surface area contributed by atoms with E-state index in [0.29, 0.717) is 0 Å². The summed E-state index contributed by atoms with van der Waals surface area (Å²) >= 11 is 0. The van der Waals surface area contributed by atoms with Crippen molar-refractivity contribution in [3.05, 3.63) is 218 Å². The van der Waals surface area contributed by atoms with Crippen LogP contribution in [-0.4, -0.2) is 4.57 Å². The molecule has 1 aromatic heterocycles. The molecule has 13 rings (SSSR count). The summed E-state index contributed by atoms with van der Waals surface area (Å²) in [6.45, 7) is 0. The highest BCUT2D eigenvalue weighted by atomic mass is 15.1. The summed E-state index contributed by atoms with van der Waals surface area (Å²) in [4.78, 5) is 2.49. The summed E-state index contributed by atoms with van der Waals surface area (Å²) in [6, 6.07) is 80.8. The van der Waals surface area contributed by atoms with Gasteiger partial charge < -0.3 is 9.47 Å². The molecule has 2 heteroatoms. The molecule has 12 aromatic carbocycles. The Kier molecular flexibility index (Phi) is 7.05. The van der Waals surface area contributed by atoms with Crippen LogP contribution in [0, 0.1) is 0 Å². The zero-order valence-corrected chi connectivity index (χ0v) is 32.7. The van der Waals surface area contributed by atoms with Gasteiger partial charge in [0.05, 0.1) is 16.7 Å². The highest BCUT2D eigenvalue weighted by Crippen LogP contribution is 2.48. The molecule has 0 atom stereocenters. The van der Waals surface area contributed by atoms with E-state index in [1.54, 1.807) is 0 Å². The van der Waals surface area contributed by atoms with Crippen LogP contribution in [0.1, 0.15) is 0 Å². The minimum atomic E-state index is 1.09. The second-order valence-corrected chi connectivity index (χ2v) is 16.0. The van der Waals surface area contributed by atoms with Gasteiger partial charge in [-0.25, -0.2) is 0 Å². The molecule has 0 radical (unpaired) electrons. The second-order valence-electron chi connectivity index (χ2n) is 16.0. The van der Waals surface area contributed by atoms with E-state index in [0.717, 1.165) is 22.7 Å². The van der Waals surface area contributed by atoms with E-state index in [-0.39, 0.29) is 0 Å². The van der Waals surface area contributed by atoms with E-state index in [2.05, 4.69) is 228 Å². The lowest BCUT2D eigenvalue weighted by Gasteiger charge is -2.29. The Labute approximate surface area is 346 Å². The van der Waals surface area contributed by atoms with Crippen molar-refractivity contribution >= 4 is 104 Å². The molecular formula is C58H36N2. The molecule has 0 saturated carbocycles. The molecule has 0 fully saturated rings. The van der Waals surface area contributed by atoms with Crippen molar-refractivity contribution in [3.63, 3.8) is 0 Å². The fourth-order valence-corrected chi connectivity index (χ4v) is 10.3. The first-order valence-electron chi connectivity index (χ1n) is 20.8. The molecule has 0 aliphatic rings.